The number of rotatable bonds is 1. The average molecular weight is 289 g/mol. The minimum Gasteiger partial charge on any atom is -0.444 e. The van der Waals surface area contributed by atoms with Gasteiger partial charge in [0, 0.05) is 12.3 Å². The van der Waals surface area contributed by atoms with Crippen LogP contribution in [0.15, 0.2) is 21.5 Å². The van der Waals surface area contributed by atoms with Crippen molar-refractivity contribution >= 4 is 27.7 Å². The van der Waals surface area contributed by atoms with Crippen LogP contribution < -0.4 is 10.9 Å². The predicted molar refractivity (Wildman–Crippen MR) is 64.6 cm³/mol. The van der Waals surface area contributed by atoms with Crippen molar-refractivity contribution in [3.05, 3.63) is 27.1 Å². The van der Waals surface area contributed by atoms with Gasteiger partial charge in [0.1, 0.15) is 5.60 Å². The van der Waals surface area contributed by atoms with E-state index in [1.807, 2.05) is 0 Å². The van der Waals surface area contributed by atoms with Crippen molar-refractivity contribution in [2.45, 2.75) is 26.4 Å². The van der Waals surface area contributed by atoms with Crippen molar-refractivity contribution in [3.63, 3.8) is 0 Å². The molecule has 0 saturated carbocycles. The molecule has 0 bridgehead atoms. The van der Waals surface area contributed by atoms with E-state index in [1.165, 1.54) is 12.3 Å². The van der Waals surface area contributed by atoms with Gasteiger partial charge < -0.3 is 9.72 Å². The molecule has 0 aliphatic rings. The fraction of sp³-hybridized carbons (Fsp3) is 0.400. The van der Waals surface area contributed by atoms with Gasteiger partial charge in [0.15, 0.2) is 0 Å². The quantitative estimate of drug-likeness (QED) is 0.834. The molecule has 0 fully saturated rings. The van der Waals surface area contributed by atoms with E-state index >= 15 is 0 Å². The molecule has 5 nitrogen and oxygen atoms in total. The molecule has 0 atom stereocenters. The van der Waals surface area contributed by atoms with Gasteiger partial charge in [-0.05, 0) is 36.7 Å². The van der Waals surface area contributed by atoms with Crippen LogP contribution in [0.4, 0.5) is 10.5 Å². The maximum atomic E-state index is 11.4. The predicted octanol–water partition coefficient (Wildman–Crippen LogP) is 2.48. The molecule has 0 unspecified atom stereocenters. The highest BCUT2D eigenvalue weighted by atomic mass is 79.9. The summed E-state index contributed by atoms with van der Waals surface area (Å²) in [5.41, 5.74) is -0.496. The number of halogens is 1. The summed E-state index contributed by atoms with van der Waals surface area (Å²) < 4.78 is 5.63. The zero-order chi connectivity index (χ0) is 12.3. The second-order valence-electron chi connectivity index (χ2n) is 4.19. The number of carbonyl (C=O) groups is 1. The molecule has 88 valence electrons. The van der Waals surface area contributed by atoms with Crippen LogP contribution in [0.3, 0.4) is 0 Å². The van der Waals surface area contributed by atoms with Crippen LogP contribution >= 0.6 is 15.9 Å². The van der Waals surface area contributed by atoms with Gasteiger partial charge in [0.2, 0.25) is 5.56 Å². The Kier molecular flexibility index (Phi) is 3.74. The average Bonchev–Trinajstić information content (AvgIpc) is 2.08. The van der Waals surface area contributed by atoms with Gasteiger partial charge >= 0.3 is 6.09 Å². The van der Waals surface area contributed by atoms with Crippen molar-refractivity contribution in [2.75, 3.05) is 5.32 Å². The van der Waals surface area contributed by atoms with Gasteiger partial charge in [-0.1, -0.05) is 0 Å². The fourth-order valence-electron chi connectivity index (χ4n) is 0.963. The Labute approximate surface area is 101 Å². The van der Waals surface area contributed by atoms with Crippen molar-refractivity contribution in [1.82, 2.24) is 4.98 Å². The van der Waals surface area contributed by atoms with Gasteiger partial charge in [-0.25, -0.2) is 4.79 Å². The first kappa shape index (κ1) is 12.8. The normalized spacial score (nSPS) is 11.0. The number of aromatic nitrogens is 1. The number of ether oxygens (including phenoxy) is 1. The van der Waals surface area contributed by atoms with Crippen LogP contribution in [-0.4, -0.2) is 16.7 Å². The van der Waals surface area contributed by atoms with E-state index in [-0.39, 0.29) is 5.56 Å². The molecule has 1 heterocycles. The standard InChI is InChI=1S/C10H13BrN2O3/c1-10(2,3)16-9(15)13-7-4-8(14)12-5-6(7)11/h4-5H,1-3H3,(H2,12,13,14,15). The van der Waals surface area contributed by atoms with Gasteiger partial charge in [-0.3, -0.25) is 10.1 Å². The van der Waals surface area contributed by atoms with Crippen LogP contribution in [0.25, 0.3) is 0 Å². The van der Waals surface area contributed by atoms with Crippen LogP contribution in [0, 0.1) is 0 Å². The summed E-state index contributed by atoms with van der Waals surface area (Å²) in [5, 5.41) is 2.48. The number of anilines is 1. The molecule has 0 aromatic carbocycles. The number of hydrogen-bond acceptors (Lipinski definition) is 3. The Hall–Kier alpha value is -1.30. The number of hydrogen-bond donors (Lipinski definition) is 2. The highest BCUT2D eigenvalue weighted by molar-refractivity contribution is 9.10. The summed E-state index contributed by atoms with van der Waals surface area (Å²) in [7, 11) is 0. The summed E-state index contributed by atoms with van der Waals surface area (Å²) in [6, 6.07) is 1.27. The first-order valence-corrected chi connectivity index (χ1v) is 5.45. The molecule has 1 rings (SSSR count). The summed E-state index contributed by atoms with van der Waals surface area (Å²) in [6.07, 6.45) is 0.855. The topological polar surface area (TPSA) is 71.2 Å². The Morgan fingerprint density at radius 2 is 2.12 bits per heavy atom. The third kappa shape index (κ3) is 4.06. The van der Waals surface area contributed by atoms with E-state index in [0.29, 0.717) is 10.2 Å². The Morgan fingerprint density at radius 3 is 2.69 bits per heavy atom. The van der Waals surface area contributed by atoms with Crippen LogP contribution in [-0.2, 0) is 4.74 Å². The van der Waals surface area contributed by atoms with Gasteiger partial charge in [-0.15, -0.1) is 0 Å². The lowest BCUT2D eigenvalue weighted by molar-refractivity contribution is 0.0636. The molecule has 6 heteroatoms. The molecule has 1 amide bonds. The minimum atomic E-state index is -0.598. The first-order valence-electron chi connectivity index (χ1n) is 4.66. The second kappa shape index (κ2) is 4.69. The van der Waals surface area contributed by atoms with Gasteiger partial charge in [0.25, 0.3) is 0 Å². The summed E-state index contributed by atoms with van der Waals surface area (Å²) in [5.74, 6) is 0. The third-order valence-electron chi connectivity index (χ3n) is 1.51. The molecule has 1 aromatic heterocycles. The van der Waals surface area contributed by atoms with E-state index < -0.39 is 11.7 Å². The highest BCUT2D eigenvalue weighted by Crippen LogP contribution is 2.19. The Balaban J connectivity index is 2.77. The lowest BCUT2D eigenvalue weighted by atomic mass is 10.2. The van der Waals surface area contributed by atoms with E-state index in [0.717, 1.165) is 0 Å². The zero-order valence-corrected chi connectivity index (χ0v) is 10.8. The maximum absolute atomic E-state index is 11.4. The summed E-state index contributed by atoms with van der Waals surface area (Å²) in [6.45, 7) is 5.29. The molecular weight excluding hydrogens is 276 g/mol. The smallest absolute Gasteiger partial charge is 0.412 e. The summed E-state index contributed by atoms with van der Waals surface area (Å²) >= 11 is 3.20. The second-order valence-corrected chi connectivity index (χ2v) is 5.04. The Bertz CT molecular complexity index is 448. The van der Waals surface area contributed by atoms with Crippen LogP contribution in [0.2, 0.25) is 0 Å². The van der Waals surface area contributed by atoms with Crippen molar-refractivity contribution in [3.8, 4) is 0 Å². The van der Waals surface area contributed by atoms with Crippen LogP contribution in [0.1, 0.15) is 20.8 Å². The SMILES string of the molecule is CC(C)(C)OC(=O)Nc1cc(=O)[nH]cc1Br. The number of H-pyrrole nitrogens is 1. The minimum absolute atomic E-state index is 0.297. The van der Waals surface area contributed by atoms with Crippen molar-refractivity contribution in [2.24, 2.45) is 0 Å². The number of amides is 1. The molecule has 0 aliphatic heterocycles. The molecule has 0 saturated heterocycles. The molecular formula is C10H13BrN2O3. The maximum Gasteiger partial charge on any atom is 0.412 e. The molecule has 0 radical (unpaired) electrons. The number of pyridine rings is 1. The monoisotopic (exact) mass is 288 g/mol. The fourth-order valence-corrected chi connectivity index (χ4v) is 1.29. The Morgan fingerprint density at radius 1 is 1.50 bits per heavy atom. The number of nitrogens with one attached hydrogen (secondary N) is 2. The first-order chi connectivity index (χ1) is 7.28. The largest absolute Gasteiger partial charge is 0.444 e. The molecule has 0 spiro atoms. The van der Waals surface area contributed by atoms with E-state index in [2.05, 4.69) is 26.2 Å². The highest BCUT2D eigenvalue weighted by Gasteiger charge is 2.16. The lowest BCUT2D eigenvalue weighted by Gasteiger charge is -2.19. The number of aromatic amines is 1. The number of carbonyl (C=O) groups excluding carboxylic acids is 1. The van der Waals surface area contributed by atoms with E-state index in [1.54, 1.807) is 20.8 Å². The molecule has 1 aromatic rings. The van der Waals surface area contributed by atoms with E-state index in [4.69, 9.17) is 4.74 Å². The van der Waals surface area contributed by atoms with Crippen molar-refractivity contribution in [1.29, 1.82) is 0 Å². The molecule has 2 N–H and O–H groups in total. The third-order valence-corrected chi connectivity index (χ3v) is 2.17. The van der Waals surface area contributed by atoms with Gasteiger partial charge in [0.05, 0.1) is 10.2 Å². The van der Waals surface area contributed by atoms with Crippen LogP contribution in [0.5, 0.6) is 0 Å². The zero-order valence-electron chi connectivity index (χ0n) is 9.26. The summed E-state index contributed by atoms with van der Waals surface area (Å²) in [4.78, 5) is 24.9. The lowest BCUT2D eigenvalue weighted by Crippen LogP contribution is -2.27. The van der Waals surface area contributed by atoms with Crippen molar-refractivity contribution < 1.29 is 9.53 Å². The van der Waals surface area contributed by atoms with E-state index in [9.17, 15) is 9.59 Å². The molecule has 0 aliphatic carbocycles. The van der Waals surface area contributed by atoms with Gasteiger partial charge in [-0.2, -0.15) is 0 Å². The molecule has 16 heavy (non-hydrogen) atoms.